The smallest absolute Gasteiger partial charge is 0.370 e. The number of rotatable bonds is 8. The predicted molar refractivity (Wildman–Crippen MR) is 136 cm³/mol. The third-order valence-electron chi connectivity index (χ3n) is 5.32. The fraction of sp³-hybridized carbons (Fsp3) is 0.458. The summed E-state index contributed by atoms with van der Waals surface area (Å²) >= 11 is 6.94. The van der Waals surface area contributed by atoms with Crippen LogP contribution in [-0.4, -0.2) is 56.6 Å². The molecule has 2 heterocycles. The average Bonchev–Trinajstić information content (AvgIpc) is 3.24. The molecule has 37 heavy (non-hydrogen) atoms. The standard InChI is InChI=1S/C24H28ClF3N4O4S/c1-23(2,3)13-30-17(11-29-22(35)18-6-7-19(25)37-18)21(34)31-16-5-4-14(10-15(16)24(26,27)28)32-8-9-36-12-20(32)33/h4-7,10,17,30H,8-9,11-13H2,1-3H3,(H,29,35)(H,31,34)/t17-/m0/s1. The Morgan fingerprint density at radius 3 is 2.51 bits per heavy atom. The van der Waals surface area contributed by atoms with E-state index in [0.717, 1.165) is 23.5 Å². The number of carbonyl (C=O) groups is 3. The first-order valence-corrected chi connectivity index (χ1v) is 12.6. The van der Waals surface area contributed by atoms with Gasteiger partial charge in [0.2, 0.25) is 5.91 Å². The average molecular weight is 561 g/mol. The second-order valence-electron chi connectivity index (χ2n) is 9.62. The summed E-state index contributed by atoms with van der Waals surface area (Å²) in [5.74, 6) is -1.66. The molecule has 0 aliphatic carbocycles. The van der Waals surface area contributed by atoms with E-state index in [4.69, 9.17) is 16.3 Å². The number of thiophene rings is 1. The minimum Gasteiger partial charge on any atom is -0.370 e. The maximum absolute atomic E-state index is 13.9. The molecule has 13 heteroatoms. The Morgan fingerprint density at radius 2 is 1.92 bits per heavy atom. The molecule has 2 aromatic rings. The van der Waals surface area contributed by atoms with Crippen LogP contribution in [0.25, 0.3) is 0 Å². The zero-order valence-electron chi connectivity index (χ0n) is 20.5. The summed E-state index contributed by atoms with van der Waals surface area (Å²) in [6.07, 6.45) is -4.80. The van der Waals surface area contributed by atoms with E-state index in [1.807, 2.05) is 20.8 Å². The molecule has 1 aromatic heterocycles. The molecular formula is C24H28ClF3N4O4S. The Hall–Kier alpha value is -2.67. The lowest BCUT2D eigenvalue weighted by molar-refractivity contribution is -0.137. The van der Waals surface area contributed by atoms with Crippen LogP contribution in [0.2, 0.25) is 4.34 Å². The summed E-state index contributed by atoms with van der Waals surface area (Å²) in [7, 11) is 0. The van der Waals surface area contributed by atoms with Crippen LogP contribution >= 0.6 is 22.9 Å². The molecular weight excluding hydrogens is 533 g/mol. The number of benzene rings is 1. The van der Waals surface area contributed by atoms with E-state index in [2.05, 4.69) is 16.0 Å². The van der Waals surface area contributed by atoms with Crippen molar-refractivity contribution >= 4 is 52.0 Å². The maximum atomic E-state index is 13.9. The van der Waals surface area contributed by atoms with Crippen molar-refractivity contribution in [1.82, 2.24) is 10.6 Å². The van der Waals surface area contributed by atoms with Gasteiger partial charge in [0.15, 0.2) is 0 Å². The van der Waals surface area contributed by atoms with Crippen molar-refractivity contribution in [3.63, 3.8) is 0 Å². The van der Waals surface area contributed by atoms with E-state index >= 15 is 0 Å². The Labute approximate surface area is 221 Å². The molecule has 1 aromatic carbocycles. The van der Waals surface area contributed by atoms with Gasteiger partial charge in [-0.1, -0.05) is 32.4 Å². The third kappa shape index (κ3) is 8.16. The van der Waals surface area contributed by atoms with Gasteiger partial charge in [-0.3, -0.25) is 14.4 Å². The molecule has 3 N–H and O–H groups in total. The van der Waals surface area contributed by atoms with Gasteiger partial charge in [-0.05, 0) is 35.7 Å². The number of morpholine rings is 1. The number of alkyl halides is 3. The summed E-state index contributed by atoms with van der Waals surface area (Å²) in [6, 6.07) is 5.37. The van der Waals surface area contributed by atoms with E-state index in [-0.39, 0.29) is 37.4 Å². The third-order valence-corrected chi connectivity index (χ3v) is 6.55. The highest BCUT2D eigenvalue weighted by molar-refractivity contribution is 7.18. The van der Waals surface area contributed by atoms with Crippen molar-refractivity contribution < 1.29 is 32.3 Å². The van der Waals surface area contributed by atoms with Gasteiger partial charge in [-0.2, -0.15) is 13.2 Å². The Morgan fingerprint density at radius 1 is 1.19 bits per heavy atom. The van der Waals surface area contributed by atoms with Crippen molar-refractivity contribution in [1.29, 1.82) is 0 Å². The molecule has 1 aliphatic heterocycles. The Kier molecular flexibility index (Phi) is 9.22. The lowest BCUT2D eigenvalue weighted by Gasteiger charge is -2.28. The zero-order chi connectivity index (χ0) is 27.4. The number of nitrogens with zero attached hydrogens (tertiary/aromatic N) is 1. The first-order valence-electron chi connectivity index (χ1n) is 11.4. The number of halogens is 4. The molecule has 0 bridgehead atoms. The Balaban J connectivity index is 1.80. The number of ether oxygens (including phenoxy) is 1. The van der Waals surface area contributed by atoms with Gasteiger partial charge in [0.25, 0.3) is 11.8 Å². The minimum absolute atomic E-state index is 0.0582. The van der Waals surface area contributed by atoms with Gasteiger partial charge < -0.3 is 25.6 Å². The van der Waals surface area contributed by atoms with Crippen LogP contribution in [0.3, 0.4) is 0 Å². The van der Waals surface area contributed by atoms with E-state index < -0.39 is 41.2 Å². The lowest BCUT2D eigenvalue weighted by Crippen LogP contribution is -2.50. The van der Waals surface area contributed by atoms with Gasteiger partial charge in [0.05, 0.1) is 27.1 Å². The molecule has 1 aliphatic rings. The normalized spacial score (nSPS) is 15.4. The summed E-state index contributed by atoms with van der Waals surface area (Å²) < 4.78 is 47.3. The summed E-state index contributed by atoms with van der Waals surface area (Å²) in [5, 5.41) is 7.99. The van der Waals surface area contributed by atoms with Crippen molar-refractivity contribution in [3.8, 4) is 0 Å². The number of nitrogens with one attached hydrogen (secondary N) is 3. The van der Waals surface area contributed by atoms with E-state index in [1.54, 1.807) is 6.07 Å². The molecule has 8 nitrogen and oxygen atoms in total. The van der Waals surface area contributed by atoms with Crippen LogP contribution in [0.5, 0.6) is 0 Å². The highest BCUT2D eigenvalue weighted by Crippen LogP contribution is 2.37. The number of carbonyl (C=O) groups excluding carboxylic acids is 3. The van der Waals surface area contributed by atoms with Gasteiger partial charge in [0, 0.05) is 25.3 Å². The fourth-order valence-corrected chi connectivity index (χ4v) is 4.42. The molecule has 202 valence electrons. The highest BCUT2D eigenvalue weighted by atomic mass is 35.5. The lowest BCUT2D eigenvalue weighted by atomic mass is 9.96. The van der Waals surface area contributed by atoms with Crippen molar-refractivity contribution in [2.75, 3.05) is 43.1 Å². The van der Waals surface area contributed by atoms with Crippen molar-refractivity contribution in [3.05, 3.63) is 45.1 Å². The largest absolute Gasteiger partial charge is 0.418 e. The second-order valence-corrected chi connectivity index (χ2v) is 11.3. The monoisotopic (exact) mass is 560 g/mol. The van der Waals surface area contributed by atoms with Gasteiger partial charge >= 0.3 is 6.18 Å². The van der Waals surface area contributed by atoms with E-state index in [9.17, 15) is 27.6 Å². The molecule has 0 spiro atoms. The molecule has 0 radical (unpaired) electrons. The molecule has 1 saturated heterocycles. The van der Waals surface area contributed by atoms with Gasteiger partial charge in [-0.25, -0.2) is 0 Å². The highest BCUT2D eigenvalue weighted by Gasteiger charge is 2.36. The first kappa shape index (κ1) is 28.9. The maximum Gasteiger partial charge on any atom is 0.418 e. The Bertz CT molecular complexity index is 1150. The molecule has 1 fully saturated rings. The van der Waals surface area contributed by atoms with E-state index in [1.165, 1.54) is 17.0 Å². The second kappa shape index (κ2) is 11.8. The van der Waals surface area contributed by atoms with Crippen LogP contribution < -0.4 is 20.9 Å². The molecule has 3 rings (SSSR count). The predicted octanol–water partition coefficient (Wildman–Crippen LogP) is 4.16. The molecule has 1 atom stereocenters. The minimum atomic E-state index is -4.80. The SMILES string of the molecule is CC(C)(C)CN[C@@H](CNC(=O)c1ccc(Cl)s1)C(=O)Nc1ccc(N2CCOCC2=O)cc1C(F)(F)F. The van der Waals surface area contributed by atoms with Crippen molar-refractivity contribution in [2.24, 2.45) is 5.41 Å². The number of amides is 3. The van der Waals surface area contributed by atoms with Crippen LogP contribution in [0, 0.1) is 5.41 Å². The molecule has 3 amide bonds. The van der Waals surface area contributed by atoms with Crippen LogP contribution in [0.4, 0.5) is 24.5 Å². The summed E-state index contributed by atoms with van der Waals surface area (Å²) in [5.41, 5.74) is -1.74. The topological polar surface area (TPSA) is 99.8 Å². The van der Waals surface area contributed by atoms with Crippen molar-refractivity contribution in [2.45, 2.75) is 33.0 Å². The van der Waals surface area contributed by atoms with E-state index in [0.29, 0.717) is 15.8 Å². The zero-order valence-corrected chi connectivity index (χ0v) is 22.1. The quantitative estimate of drug-likeness (QED) is 0.450. The van der Waals surface area contributed by atoms with Gasteiger partial charge in [0.1, 0.15) is 12.6 Å². The fourth-order valence-electron chi connectivity index (χ4n) is 3.46. The number of anilines is 2. The number of hydrogen-bond acceptors (Lipinski definition) is 6. The van der Waals surface area contributed by atoms with Crippen LogP contribution in [-0.2, 0) is 20.5 Å². The van der Waals surface area contributed by atoms with Gasteiger partial charge in [-0.15, -0.1) is 11.3 Å². The van der Waals surface area contributed by atoms with Crippen LogP contribution in [0.1, 0.15) is 36.0 Å². The summed E-state index contributed by atoms with van der Waals surface area (Å²) in [4.78, 5) is 39.2. The molecule has 0 saturated carbocycles. The molecule has 0 unspecified atom stereocenters. The summed E-state index contributed by atoms with van der Waals surface area (Å²) in [6.45, 7) is 6.07. The van der Waals surface area contributed by atoms with Crippen LogP contribution in [0.15, 0.2) is 30.3 Å². The first-order chi connectivity index (χ1) is 17.2. The number of hydrogen-bond donors (Lipinski definition) is 3.